The number of hydrogen-bond donors (Lipinski definition) is 2. The lowest BCUT2D eigenvalue weighted by molar-refractivity contribution is 0.164. The second-order valence-electron chi connectivity index (χ2n) is 4.51. The van der Waals surface area contributed by atoms with E-state index >= 15 is 0 Å². The summed E-state index contributed by atoms with van der Waals surface area (Å²) in [5.74, 6) is 0. The van der Waals surface area contributed by atoms with Crippen LogP contribution in [0.1, 0.15) is 40.0 Å². The van der Waals surface area contributed by atoms with Crippen LogP contribution >= 0.6 is 0 Å². The average Bonchev–Trinajstić information content (AvgIpc) is 2.27. The number of aliphatic hydroxyl groups excluding tert-OH is 1. The molecular weight excluding hydrogens is 188 g/mol. The van der Waals surface area contributed by atoms with E-state index in [-0.39, 0.29) is 12.1 Å². The lowest BCUT2D eigenvalue weighted by Crippen LogP contribution is -2.43. The Kier molecular flexibility index (Phi) is 8.02. The van der Waals surface area contributed by atoms with Crippen LogP contribution in [-0.4, -0.2) is 48.8 Å². The van der Waals surface area contributed by atoms with Gasteiger partial charge >= 0.3 is 0 Å². The maximum Gasteiger partial charge on any atom is 0.0610 e. The molecule has 0 saturated carbocycles. The molecule has 15 heavy (non-hydrogen) atoms. The minimum Gasteiger partial charge on any atom is -0.394 e. The van der Waals surface area contributed by atoms with Crippen molar-refractivity contribution in [2.24, 2.45) is 0 Å². The second kappa shape index (κ2) is 8.08. The van der Waals surface area contributed by atoms with Gasteiger partial charge in [0.1, 0.15) is 0 Å². The average molecular weight is 216 g/mol. The van der Waals surface area contributed by atoms with Gasteiger partial charge in [0.2, 0.25) is 0 Å². The third-order valence-corrected chi connectivity index (χ3v) is 3.14. The van der Waals surface area contributed by atoms with Crippen LogP contribution in [-0.2, 0) is 0 Å². The molecule has 0 aliphatic heterocycles. The predicted molar refractivity (Wildman–Crippen MR) is 66.2 cm³/mol. The van der Waals surface area contributed by atoms with Gasteiger partial charge in [-0.2, -0.15) is 0 Å². The molecule has 0 bridgehead atoms. The number of aliphatic hydroxyl groups is 1. The Bertz CT molecular complexity index is 147. The fourth-order valence-corrected chi connectivity index (χ4v) is 1.72. The first kappa shape index (κ1) is 14.9. The molecule has 0 aliphatic carbocycles. The molecule has 1 unspecified atom stereocenters. The van der Waals surface area contributed by atoms with E-state index in [1.165, 1.54) is 13.0 Å². The number of hydrogen-bond acceptors (Lipinski definition) is 3. The molecule has 0 aromatic rings. The van der Waals surface area contributed by atoms with Gasteiger partial charge in [0.25, 0.3) is 0 Å². The highest BCUT2D eigenvalue weighted by molar-refractivity contribution is 4.80. The van der Waals surface area contributed by atoms with Crippen LogP contribution in [0.15, 0.2) is 0 Å². The van der Waals surface area contributed by atoms with Gasteiger partial charge in [0.05, 0.1) is 6.61 Å². The first-order valence-electron chi connectivity index (χ1n) is 6.14. The molecule has 92 valence electrons. The van der Waals surface area contributed by atoms with Gasteiger partial charge in [-0.15, -0.1) is 0 Å². The van der Waals surface area contributed by atoms with E-state index < -0.39 is 0 Å². The Morgan fingerprint density at radius 2 is 1.93 bits per heavy atom. The van der Waals surface area contributed by atoms with Crippen LogP contribution in [0.4, 0.5) is 0 Å². The molecule has 0 spiro atoms. The molecule has 0 heterocycles. The van der Waals surface area contributed by atoms with Gasteiger partial charge in [0, 0.05) is 5.54 Å². The molecule has 0 rings (SSSR count). The summed E-state index contributed by atoms with van der Waals surface area (Å²) in [6.07, 6.45) is 3.39. The smallest absolute Gasteiger partial charge is 0.0610 e. The lowest BCUT2D eigenvalue weighted by atomic mass is 9.97. The molecule has 1 atom stereocenters. The maximum absolute atomic E-state index is 9.23. The molecule has 2 N–H and O–H groups in total. The van der Waals surface area contributed by atoms with Crippen molar-refractivity contribution in [3.63, 3.8) is 0 Å². The van der Waals surface area contributed by atoms with Crippen LogP contribution in [0.3, 0.4) is 0 Å². The SMILES string of the molecule is CCCN(CC)CCCC(C)(CO)NC. The number of rotatable bonds is 9. The van der Waals surface area contributed by atoms with Crippen LogP contribution in [0, 0.1) is 0 Å². The zero-order valence-electron chi connectivity index (χ0n) is 10.8. The summed E-state index contributed by atoms with van der Waals surface area (Å²) in [4.78, 5) is 2.47. The molecule has 0 fully saturated rings. The van der Waals surface area contributed by atoms with Gasteiger partial charge in [-0.3, -0.25) is 0 Å². The van der Waals surface area contributed by atoms with Gasteiger partial charge in [-0.25, -0.2) is 0 Å². The van der Waals surface area contributed by atoms with Crippen LogP contribution in [0.5, 0.6) is 0 Å². The van der Waals surface area contributed by atoms with E-state index in [9.17, 15) is 5.11 Å². The van der Waals surface area contributed by atoms with Gasteiger partial charge in [-0.1, -0.05) is 13.8 Å². The first-order chi connectivity index (χ1) is 7.11. The van der Waals surface area contributed by atoms with Crippen LogP contribution in [0.2, 0.25) is 0 Å². The minimum absolute atomic E-state index is 0.106. The summed E-state index contributed by atoms with van der Waals surface area (Å²) in [5, 5.41) is 12.4. The molecule has 3 heteroatoms. The standard InChI is InChI=1S/C12H28N2O/c1-5-9-14(6-2)10-7-8-12(3,11-15)13-4/h13,15H,5-11H2,1-4H3. The van der Waals surface area contributed by atoms with E-state index in [2.05, 4.69) is 31.0 Å². The van der Waals surface area contributed by atoms with Gasteiger partial charge in [0.15, 0.2) is 0 Å². The summed E-state index contributed by atoms with van der Waals surface area (Å²) in [6.45, 7) is 10.2. The van der Waals surface area contributed by atoms with Gasteiger partial charge < -0.3 is 15.3 Å². The Hall–Kier alpha value is -0.120. The summed E-state index contributed by atoms with van der Waals surface area (Å²) < 4.78 is 0. The largest absolute Gasteiger partial charge is 0.394 e. The third-order valence-electron chi connectivity index (χ3n) is 3.14. The normalized spacial score (nSPS) is 15.6. The molecular formula is C12H28N2O. The molecule has 0 saturated heterocycles. The van der Waals surface area contributed by atoms with Crippen LogP contribution < -0.4 is 5.32 Å². The molecule has 0 amide bonds. The first-order valence-corrected chi connectivity index (χ1v) is 6.14. The highest BCUT2D eigenvalue weighted by Crippen LogP contribution is 2.11. The number of likely N-dealkylation sites (N-methyl/N-ethyl adjacent to an activating group) is 1. The van der Waals surface area contributed by atoms with Crippen molar-refractivity contribution in [2.75, 3.05) is 33.3 Å². The van der Waals surface area contributed by atoms with Gasteiger partial charge in [-0.05, 0) is 52.9 Å². The summed E-state index contributed by atoms with van der Waals surface area (Å²) in [5.41, 5.74) is -0.106. The Morgan fingerprint density at radius 1 is 1.27 bits per heavy atom. The van der Waals surface area contributed by atoms with Crippen molar-refractivity contribution in [1.82, 2.24) is 10.2 Å². The second-order valence-corrected chi connectivity index (χ2v) is 4.51. The topological polar surface area (TPSA) is 35.5 Å². The summed E-state index contributed by atoms with van der Waals surface area (Å²) >= 11 is 0. The molecule has 0 aliphatic rings. The molecule has 0 radical (unpaired) electrons. The van der Waals surface area contributed by atoms with E-state index in [0.717, 1.165) is 25.9 Å². The Morgan fingerprint density at radius 3 is 2.33 bits per heavy atom. The van der Waals surface area contributed by atoms with Crippen molar-refractivity contribution in [2.45, 2.75) is 45.6 Å². The van der Waals surface area contributed by atoms with E-state index in [1.807, 2.05) is 7.05 Å². The lowest BCUT2D eigenvalue weighted by Gasteiger charge is -2.28. The van der Waals surface area contributed by atoms with E-state index in [0.29, 0.717) is 0 Å². The molecule has 3 nitrogen and oxygen atoms in total. The monoisotopic (exact) mass is 216 g/mol. The molecule has 0 aromatic carbocycles. The highest BCUT2D eigenvalue weighted by atomic mass is 16.3. The van der Waals surface area contributed by atoms with E-state index in [1.54, 1.807) is 0 Å². The van der Waals surface area contributed by atoms with Crippen molar-refractivity contribution in [1.29, 1.82) is 0 Å². The zero-order valence-corrected chi connectivity index (χ0v) is 10.8. The summed E-state index contributed by atoms with van der Waals surface area (Å²) in [6, 6.07) is 0. The van der Waals surface area contributed by atoms with Crippen molar-refractivity contribution < 1.29 is 5.11 Å². The third kappa shape index (κ3) is 6.13. The maximum atomic E-state index is 9.23. The molecule has 0 aromatic heterocycles. The quantitative estimate of drug-likeness (QED) is 0.612. The van der Waals surface area contributed by atoms with E-state index in [4.69, 9.17) is 0 Å². The number of nitrogens with zero attached hydrogens (tertiary/aromatic N) is 1. The number of nitrogens with one attached hydrogen (secondary N) is 1. The minimum atomic E-state index is -0.106. The zero-order chi connectivity index (χ0) is 11.7. The summed E-state index contributed by atoms with van der Waals surface area (Å²) in [7, 11) is 1.92. The Labute approximate surface area is 94.9 Å². The fourth-order valence-electron chi connectivity index (χ4n) is 1.72. The Balaban J connectivity index is 3.75. The highest BCUT2D eigenvalue weighted by Gasteiger charge is 2.19. The van der Waals surface area contributed by atoms with Crippen molar-refractivity contribution in [3.05, 3.63) is 0 Å². The predicted octanol–water partition coefficient (Wildman–Crippen LogP) is 1.47. The van der Waals surface area contributed by atoms with Crippen molar-refractivity contribution >= 4 is 0 Å². The fraction of sp³-hybridized carbons (Fsp3) is 1.00. The van der Waals surface area contributed by atoms with Crippen molar-refractivity contribution in [3.8, 4) is 0 Å². The van der Waals surface area contributed by atoms with Crippen LogP contribution in [0.25, 0.3) is 0 Å².